The van der Waals surface area contributed by atoms with Gasteiger partial charge >= 0.3 is 0 Å². The van der Waals surface area contributed by atoms with E-state index < -0.39 is 28.6 Å². The lowest BCUT2D eigenvalue weighted by Crippen LogP contribution is -2.59. The number of allylic oxidation sites excluding steroid dienone is 6. The number of H-pyrrole nitrogens is 1. The highest BCUT2D eigenvalue weighted by atomic mass is 16.3. The van der Waals surface area contributed by atoms with Gasteiger partial charge in [0.05, 0.1) is 0 Å². The third-order valence-corrected chi connectivity index (χ3v) is 9.64. The van der Waals surface area contributed by atoms with Gasteiger partial charge in [0.15, 0.2) is 11.6 Å². The Labute approximate surface area is 222 Å². The monoisotopic (exact) mass is 510 g/mol. The standard InChI is InChI=1S/C32H34N2O4/c1-17-8-7-9-20-15-19(3)31(4)28-24(16-22-21-10-5-6-11-23(21)33-29(22)31)34-30(38)32(20,28)26(36)13-12-25(35)27(37)18(2)14-17/h5-7,9-15,17,20,24,27-28,33,37H,8,16H2,1-4H3,(H,34,38)/b9-7+,13-12+,18-14+/t17-,20-,24-,27+,28+,31+,32+/m0/s1. The van der Waals surface area contributed by atoms with E-state index in [1.54, 1.807) is 6.92 Å². The lowest BCUT2D eigenvalue weighted by Gasteiger charge is -2.53. The van der Waals surface area contributed by atoms with Gasteiger partial charge in [0.2, 0.25) is 5.91 Å². The van der Waals surface area contributed by atoms with Crippen molar-refractivity contribution in [2.75, 3.05) is 0 Å². The lowest BCUT2D eigenvalue weighted by atomic mass is 9.47. The number of nitrogens with one attached hydrogen (secondary N) is 2. The van der Waals surface area contributed by atoms with Crippen LogP contribution in [-0.4, -0.2) is 39.7 Å². The molecule has 6 nitrogen and oxygen atoms in total. The number of fused-ring (bicyclic) bond motifs is 4. The summed E-state index contributed by atoms with van der Waals surface area (Å²) < 4.78 is 0. The molecule has 6 rings (SSSR count). The second kappa shape index (κ2) is 8.50. The van der Waals surface area contributed by atoms with E-state index in [1.165, 1.54) is 11.6 Å². The molecule has 2 heterocycles. The molecule has 1 aromatic carbocycles. The number of aliphatic hydroxyl groups excluding tert-OH is 1. The summed E-state index contributed by atoms with van der Waals surface area (Å²) in [6, 6.07) is 7.98. The lowest BCUT2D eigenvalue weighted by molar-refractivity contribution is -0.143. The van der Waals surface area contributed by atoms with Crippen LogP contribution in [0, 0.1) is 23.2 Å². The predicted molar refractivity (Wildman–Crippen MR) is 146 cm³/mol. The molecule has 38 heavy (non-hydrogen) atoms. The number of ketones is 2. The molecule has 0 saturated carbocycles. The number of benzene rings is 1. The van der Waals surface area contributed by atoms with E-state index in [9.17, 15) is 19.5 Å². The van der Waals surface area contributed by atoms with Crippen molar-refractivity contribution in [1.29, 1.82) is 0 Å². The van der Waals surface area contributed by atoms with Crippen molar-refractivity contribution in [1.82, 2.24) is 10.3 Å². The van der Waals surface area contributed by atoms with Crippen LogP contribution in [0.1, 0.15) is 45.4 Å². The highest BCUT2D eigenvalue weighted by Crippen LogP contribution is 2.63. The van der Waals surface area contributed by atoms with Crippen molar-refractivity contribution in [3.05, 3.63) is 83.1 Å². The van der Waals surface area contributed by atoms with Crippen molar-refractivity contribution in [3.8, 4) is 0 Å². The molecular weight excluding hydrogens is 476 g/mol. The van der Waals surface area contributed by atoms with Crippen molar-refractivity contribution < 1.29 is 19.5 Å². The molecule has 4 aliphatic rings. The first-order valence-electron chi connectivity index (χ1n) is 13.5. The normalized spacial score (nSPS) is 39.8. The Morgan fingerprint density at radius 3 is 2.61 bits per heavy atom. The smallest absolute Gasteiger partial charge is 0.235 e. The molecule has 3 N–H and O–H groups in total. The summed E-state index contributed by atoms with van der Waals surface area (Å²) in [6.07, 6.45) is 10.4. The minimum Gasteiger partial charge on any atom is -0.381 e. The summed E-state index contributed by atoms with van der Waals surface area (Å²) in [5, 5.41) is 14.9. The van der Waals surface area contributed by atoms with Crippen molar-refractivity contribution in [2.24, 2.45) is 23.2 Å². The van der Waals surface area contributed by atoms with E-state index in [-0.39, 0.29) is 29.6 Å². The molecule has 1 aromatic heterocycles. The summed E-state index contributed by atoms with van der Waals surface area (Å²) >= 11 is 0. The number of carbonyl (C=O) groups excluding carboxylic acids is 3. The van der Waals surface area contributed by atoms with Gasteiger partial charge in [0, 0.05) is 39.9 Å². The van der Waals surface area contributed by atoms with E-state index in [0.717, 1.165) is 28.2 Å². The second-order valence-corrected chi connectivity index (χ2v) is 11.8. The number of carbonyl (C=O) groups is 3. The second-order valence-electron chi connectivity index (χ2n) is 11.8. The Morgan fingerprint density at radius 2 is 1.82 bits per heavy atom. The van der Waals surface area contributed by atoms with Gasteiger partial charge in [-0.25, -0.2) is 0 Å². The van der Waals surface area contributed by atoms with E-state index in [0.29, 0.717) is 18.4 Å². The fraction of sp³-hybridized carbons (Fsp3) is 0.406. The summed E-state index contributed by atoms with van der Waals surface area (Å²) in [5.74, 6) is -1.94. The van der Waals surface area contributed by atoms with Gasteiger partial charge in [-0.15, -0.1) is 0 Å². The van der Waals surface area contributed by atoms with E-state index >= 15 is 0 Å². The van der Waals surface area contributed by atoms with Crippen LogP contribution in [0.25, 0.3) is 10.9 Å². The minimum atomic E-state index is -1.40. The molecular formula is C32H34N2O4. The largest absolute Gasteiger partial charge is 0.381 e. The van der Waals surface area contributed by atoms with Gasteiger partial charge in [-0.05, 0) is 68.9 Å². The summed E-state index contributed by atoms with van der Waals surface area (Å²) in [6.45, 7) is 8.00. The zero-order valence-corrected chi connectivity index (χ0v) is 22.2. The molecule has 6 heteroatoms. The van der Waals surface area contributed by atoms with Crippen LogP contribution in [0.2, 0.25) is 0 Å². The van der Waals surface area contributed by atoms with Gasteiger partial charge in [0.25, 0.3) is 0 Å². The van der Waals surface area contributed by atoms with Crippen LogP contribution in [-0.2, 0) is 26.2 Å². The number of aliphatic hydroxyl groups is 1. The predicted octanol–water partition coefficient (Wildman–Crippen LogP) is 4.26. The maximum Gasteiger partial charge on any atom is 0.235 e. The Bertz CT molecular complexity index is 1510. The van der Waals surface area contributed by atoms with Gasteiger partial charge in [-0.3, -0.25) is 14.4 Å². The average molecular weight is 511 g/mol. The molecule has 1 fully saturated rings. The zero-order valence-electron chi connectivity index (χ0n) is 22.2. The van der Waals surface area contributed by atoms with Crippen LogP contribution >= 0.6 is 0 Å². The molecule has 1 aliphatic heterocycles. The Balaban J connectivity index is 1.58. The maximum atomic E-state index is 14.3. The van der Waals surface area contributed by atoms with Crippen LogP contribution in [0.5, 0.6) is 0 Å². The van der Waals surface area contributed by atoms with Gasteiger partial charge in [-0.1, -0.05) is 55.0 Å². The van der Waals surface area contributed by atoms with Crippen molar-refractivity contribution in [3.63, 3.8) is 0 Å². The number of aromatic nitrogens is 1. The molecule has 1 saturated heterocycles. The van der Waals surface area contributed by atoms with Gasteiger partial charge in [0.1, 0.15) is 11.5 Å². The van der Waals surface area contributed by atoms with E-state index in [4.69, 9.17) is 0 Å². The number of hydrogen-bond acceptors (Lipinski definition) is 4. The molecule has 3 aliphatic carbocycles. The first kappa shape index (κ1) is 24.8. The number of para-hydroxylation sites is 1. The van der Waals surface area contributed by atoms with Gasteiger partial charge < -0.3 is 15.4 Å². The SMILES string of the molecule is CC1=C[C@@H]2/C=C/C[C@H](C)/C=C(\C)[C@@H](O)C(=O)/C=C/C(=O)[C@]23C(=O)N[C@H]2Cc4c([nH]c5ccccc45)[C@@]1(C)[C@@H]23. The molecule has 0 radical (unpaired) electrons. The highest BCUT2D eigenvalue weighted by molar-refractivity contribution is 6.16. The first-order valence-corrected chi connectivity index (χ1v) is 13.5. The molecule has 1 spiro atoms. The van der Waals surface area contributed by atoms with Crippen LogP contribution < -0.4 is 5.32 Å². The molecule has 196 valence electrons. The quantitative estimate of drug-likeness (QED) is 0.364. The zero-order chi connectivity index (χ0) is 27.0. The number of amides is 1. The van der Waals surface area contributed by atoms with Crippen molar-refractivity contribution in [2.45, 2.75) is 58.1 Å². The maximum absolute atomic E-state index is 14.3. The summed E-state index contributed by atoms with van der Waals surface area (Å²) in [5.41, 5.74) is 2.99. The van der Waals surface area contributed by atoms with Crippen molar-refractivity contribution >= 4 is 28.4 Å². The molecule has 2 aromatic rings. The minimum absolute atomic E-state index is 0.0813. The molecule has 0 unspecified atom stereocenters. The van der Waals surface area contributed by atoms with Crippen LogP contribution in [0.3, 0.4) is 0 Å². The number of rotatable bonds is 0. The number of aromatic amines is 1. The molecule has 1 amide bonds. The van der Waals surface area contributed by atoms with Crippen LogP contribution in [0.15, 0.2) is 71.9 Å². The van der Waals surface area contributed by atoms with Crippen LogP contribution in [0.4, 0.5) is 0 Å². The fourth-order valence-electron chi connectivity index (χ4n) is 7.76. The van der Waals surface area contributed by atoms with E-state index in [1.807, 2.05) is 37.3 Å². The number of hydrogen-bond donors (Lipinski definition) is 3. The molecule has 7 atom stereocenters. The molecule has 0 bridgehead atoms. The van der Waals surface area contributed by atoms with Gasteiger partial charge in [-0.2, -0.15) is 0 Å². The Morgan fingerprint density at radius 1 is 1.05 bits per heavy atom. The summed E-state index contributed by atoms with van der Waals surface area (Å²) in [4.78, 5) is 44.8. The average Bonchev–Trinajstić information content (AvgIpc) is 3.41. The Kier molecular flexibility index (Phi) is 5.55. The highest BCUT2D eigenvalue weighted by Gasteiger charge is 2.71. The Hall–Kier alpha value is -3.51. The fourth-order valence-corrected chi connectivity index (χ4v) is 7.76. The summed E-state index contributed by atoms with van der Waals surface area (Å²) in [7, 11) is 0. The van der Waals surface area contributed by atoms with E-state index in [2.05, 4.69) is 42.4 Å². The topological polar surface area (TPSA) is 99.3 Å². The third kappa shape index (κ3) is 3.19. The first-order chi connectivity index (χ1) is 18.1. The third-order valence-electron chi connectivity index (χ3n) is 9.64.